The van der Waals surface area contributed by atoms with Gasteiger partial charge in [-0.25, -0.2) is 0 Å². The summed E-state index contributed by atoms with van der Waals surface area (Å²) >= 11 is 0. The summed E-state index contributed by atoms with van der Waals surface area (Å²) in [6, 6.07) is 4.28. The van der Waals surface area contributed by atoms with Gasteiger partial charge in [0.25, 0.3) is 0 Å². The van der Waals surface area contributed by atoms with Crippen LogP contribution in [0.5, 0.6) is 0 Å². The average molecular weight is 392 g/mol. The van der Waals surface area contributed by atoms with Gasteiger partial charge in [-0.2, -0.15) is 0 Å². The van der Waals surface area contributed by atoms with Crippen LogP contribution in [0.4, 0.5) is 0 Å². The Labute approximate surface area is 169 Å². The van der Waals surface area contributed by atoms with E-state index in [-0.39, 0.29) is 6.04 Å². The smallest absolute Gasteiger partial charge is 0.191 e. The zero-order valence-electron chi connectivity index (χ0n) is 17.4. The summed E-state index contributed by atoms with van der Waals surface area (Å²) in [5.41, 5.74) is 0. The summed E-state index contributed by atoms with van der Waals surface area (Å²) in [6.07, 6.45) is 6.65. The van der Waals surface area contributed by atoms with Gasteiger partial charge in [-0.3, -0.25) is 14.8 Å². The second-order valence-corrected chi connectivity index (χ2v) is 7.58. The highest BCUT2D eigenvalue weighted by Crippen LogP contribution is 2.25. The van der Waals surface area contributed by atoms with Gasteiger partial charge in [0.2, 0.25) is 0 Å². The second-order valence-electron chi connectivity index (χ2n) is 7.58. The van der Waals surface area contributed by atoms with E-state index in [4.69, 9.17) is 14.1 Å². The molecule has 0 amide bonds. The van der Waals surface area contributed by atoms with Crippen LogP contribution < -0.4 is 10.6 Å². The fourth-order valence-electron chi connectivity index (χ4n) is 3.93. The van der Waals surface area contributed by atoms with E-state index in [0.717, 1.165) is 83.7 Å². The predicted octanol–water partition coefficient (Wildman–Crippen LogP) is 2.08. The Balaban J connectivity index is 1.44. The Hall–Kier alpha value is -1.57. The van der Waals surface area contributed by atoms with E-state index >= 15 is 0 Å². The fourth-order valence-corrected chi connectivity index (χ4v) is 3.93. The number of likely N-dealkylation sites (tertiary alicyclic amines) is 1. The zero-order chi connectivity index (χ0) is 19.4. The number of nitrogens with zero attached hydrogens (tertiary/aromatic N) is 3. The number of rotatable bonds is 10. The van der Waals surface area contributed by atoms with Gasteiger partial charge in [0.1, 0.15) is 5.76 Å². The van der Waals surface area contributed by atoms with Crippen LogP contribution in [0.25, 0.3) is 0 Å². The van der Waals surface area contributed by atoms with E-state index < -0.39 is 0 Å². The van der Waals surface area contributed by atoms with E-state index in [0.29, 0.717) is 0 Å². The molecule has 1 atom stereocenters. The molecule has 1 aromatic rings. The Morgan fingerprint density at radius 1 is 1.14 bits per heavy atom. The molecule has 0 radical (unpaired) electrons. The number of nitrogens with one attached hydrogen (secondary N) is 2. The van der Waals surface area contributed by atoms with Crippen molar-refractivity contribution in [3.8, 4) is 0 Å². The molecule has 0 bridgehead atoms. The minimum atomic E-state index is 0.231. The quantitative estimate of drug-likeness (QED) is 0.362. The van der Waals surface area contributed by atoms with Gasteiger partial charge in [0, 0.05) is 26.2 Å². The summed E-state index contributed by atoms with van der Waals surface area (Å²) in [4.78, 5) is 9.85. The SMILES string of the molecule is CCNC(=NCC(c1ccco1)N1CCCC1)NCCCCN1CCOCC1. The third-order valence-corrected chi connectivity index (χ3v) is 5.52. The Bertz CT molecular complexity index is 551. The summed E-state index contributed by atoms with van der Waals surface area (Å²) in [5, 5.41) is 6.87. The maximum absolute atomic E-state index is 5.71. The number of unbranched alkanes of at least 4 members (excludes halogenated alkanes) is 1. The molecule has 7 heteroatoms. The van der Waals surface area contributed by atoms with Crippen LogP contribution in [-0.4, -0.2) is 81.3 Å². The molecular weight excluding hydrogens is 354 g/mol. The van der Waals surface area contributed by atoms with Gasteiger partial charge in [0.15, 0.2) is 5.96 Å². The number of hydrogen-bond donors (Lipinski definition) is 2. The molecule has 158 valence electrons. The molecule has 28 heavy (non-hydrogen) atoms. The lowest BCUT2D eigenvalue weighted by Crippen LogP contribution is -2.39. The molecule has 1 aromatic heterocycles. The van der Waals surface area contributed by atoms with Crippen molar-refractivity contribution in [2.45, 2.75) is 38.6 Å². The van der Waals surface area contributed by atoms with Crippen molar-refractivity contribution in [1.82, 2.24) is 20.4 Å². The van der Waals surface area contributed by atoms with Crippen molar-refractivity contribution >= 4 is 5.96 Å². The first-order valence-corrected chi connectivity index (χ1v) is 11.0. The number of furan rings is 1. The highest BCUT2D eigenvalue weighted by molar-refractivity contribution is 5.79. The number of ether oxygens (including phenoxy) is 1. The van der Waals surface area contributed by atoms with Crippen LogP contribution in [-0.2, 0) is 4.74 Å². The number of morpholine rings is 1. The lowest BCUT2D eigenvalue weighted by atomic mass is 10.2. The van der Waals surface area contributed by atoms with Crippen molar-refractivity contribution in [1.29, 1.82) is 0 Å². The van der Waals surface area contributed by atoms with E-state index in [1.807, 2.05) is 6.07 Å². The van der Waals surface area contributed by atoms with Crippen LogP contribution in [0.1, 0.15) is 44.4 Å². The van der Waals surface area contributed by atoms with Gasteiger partial charge in [0.05, 0.1) is 32.1 Å². The van der Waals surface area contributed by atoms with E-state index in [1.165, 1.54) is 19.3 Å². The van der Waals surface area contributed by atoms with Gasteiger partial charge >= 0.3 is 0 Å². The lowest BCUT2D eigenvalue weighted by molar-refractivity contribution is 0.0372. The van der Waals surface area contributed by atoms with Crippen LogP contribution in [0.15, 0.2) is 27.8 Å². The number of guanidine groups is 1. The van der Waals surface area contributed by atoms with Gasteiger partial charge in [-0.15, -0.1) is 0 Å². The molecule has 2 N–H and O–H groups in total. The third-order valence-electron chi connectivity index (χ3n) is 5.52. The van der Waals surface area contributed by atoms with Gasteiger partial charge < -0.3 is 19.8 Å². The number of hydrogen-bond acceptors (Lipinski definition) is 5. The molecule has 3 rings (SSSR count). The lowest BCUT2D eigenvalue weighted by Gasteiger charge is -2.26. The second kappa shape index (κ2) is 12.1. The fraction of sp³-hybridized carbons (Fsp3) is 0.762. The maximum atomic E-state index is 5.71. The zero-order valence-corrected chi connectivity index (χ0v) is 17.4. The maximum Gasteiger partial charge on any atom is 0.191 e. The molecular formula is C21H37N5O2. The molecule has 2 fully saturated rings. The van der Waals surface area contributed by atoms with Gasteiger partial charge in [-0.05, 0) is 64.4 Å². The minimum absolute atomic E-state index is 0.231. The normalized spacial score (nSPS) is 20.4. The van der Waals surface area contributed by atoms with Gasteiger partial charge in [-0.1, -0.05) is 0 Å². The average Bonchev–Trinajstić information content (AvgIpc) is 3.43. The van der Waals surface area contributed by atoms with Crippen LogP contribution in [0.3, 0.4) is 0 Å². The van der Waals surface area contributed by atoms with E-state index in [2.05, 4.69) is 33.4 Å². The van der Waals surface area contributed by atoms with Crippen molar-refractivity contribution < 1.29 is 9.15 Å². The summed E-state index contributed by atoms with van der Waals surface area (Å²) in [5.74, 6) is 1.93. The van der Waals surface area contributed by atoms with Crippen molar-refractivity contribution in [2.24, 2.45) is 4.99 Å². The first kappa shape index (κ1) is 21.1. The van der Waals surface area contributed by atoms with E-state index in [1.54, 1.807) is 6.26 Å². The van der Waals surface area contributed by atoms with Crippen molar-refractivity contribution in [3.05, 3.63) is 24.2 Å². The molecule has 1 unspecified atom stereocenters. The van der Waals surface area contributed by atoms with Crippen LogP contribution in [0, 0.1) is 0 Å². The first-order valence-electron chi connectivity index (χ1n) is 11.0. The molecule has 0 aromatic carbocycles. The predicted molar refractivity (Wildman–Crippen MR) is 113 cm³/mol. The molecule has 0 aliphatic carbocycles. The monoisotopic (exact) mass is 391 g/mol. The minimum Gasteiger partial charge on any atom is -0.468 e. The molecule has 0 spiro atoms. The summed E-state index contributed by atoms with van der Waals surface area (Å²) < 4.78 is 11.1. The third kappa shape index (κ3) is 6.79. The Kier molecular flexibility index (Phi) is 9.13. The Morgan fingerprint density at radius 3 is 2.68 bits per heavy atom. The topological polar surface area (TPSA) is 65.3 Å². The van der Waals surface area contributed by atoms with Crippen molar-refractivity contribution in [2.75, 3.05) is 65.6 Å². The number of aliphatic imine (C=N–C) groups is 1. The Morgan fingerprint density at radius 2 is 1.96 bits per heavy atom. The standard InChI is InChI=1S/C21H37N5O2/c1-2-22-21(23-9-3-4-10-25-13-16-27-17-14-25)24-18-19(20-8-7-15-28-20)26-11-5-6-12-26/h7-8,15,19H,2-6,9-14,16-18H2,1H3,(H2,22,23,24). The molecule has 2 aliphatic rings. The van der Waals surface area contributed by atoms with Crippen LogP contribution in [0.2, 0.25) is 0 Å². The molecule has 2 aliphatic heterocycles. The largest absolute Gasteiger partial charge is 0.468 e. The highest BCUT2D eigenvalue weighted by atomic mass is 16.5. The molecule has 7 nitrogen and oxygen atoms in total. The highest BCUT2D eigenvalue weighted by Gasteiger charge is 2.25. The van der Waals surface area contributed by atoms with Crippen molar-refractivity contribution in [3.63, 3.8) is 0 Å². The molecule has 3 heterocycles. The van der Waals surface area contributed by atoms with Crippen LogP contribution >= 0.6 is 0 Å². The summed E-state index contributed by atoms with van der Waals surface area (Å²) in [6.45, 7) is 12.0. The van der Waals surface area contributed by atoms with E-state index in [9.17, 15) is 0 Å². The molecule has 0 saturated carbocycles. The molecule has 2 saturated heterocycles. The summed E-state index contributed by atoms with van der Waals surface area (Å²) in [7, 11) is 0. The first-order chi connectivity index (χ1) is 13.9.